The lowest BCUT2D eigenvalue weighted by atomic mass is 9.56. The average molecular weight is 370 g/mol. The molecule has 1 heterocycles. The minimum Gasteiger partial charge on any atom is -0.465 e. The number of ketones is 1. The Bertz CT molecular complexity index is 686. The van der Waals surface area contributed by atoms with Gasteiger partial charge in [0.05, 0.1) is 6.61 Å². The van der Waals surface area contributed by atoms with Gasteiger partial charge in [-0.2, -0.15) is 0 Å². The Morgan fingerprint density at radius 1 is 1.26 bits per heavy atom. The molecule has 1 aromatic carbocycles. The number of hydrogen-bond acceptors (Lipinski definition) is 4. The molecule has 1 saturated carbocycles. The van der Waals surface area contributed by atoms with Crippen molar-refractivity contribution in [2.75, 3.05) is 26.2 Å². The number of carbonyl (C=O) groups excluding carboxylic acids is 2. The Labute approximate surface area is 162 Å². The van der Waals surface area contributed by atoms with Crippen LogP contribution in [0, 0.1) is 10.8 Å². The molecular formula is C23H31NO3. The zero-order valence-corrected chi connectivity index (χ0v) is 16.4. The fourth-order valence-corrected chi connectivity index (χ4v) is 5.00. The third kappa shape index (κ3) is 3.86. The van der Waals surface area contributed by atoms with Gasteiger partial charge < -0.3 is 9.64 Å². The van der Waals surface area contributed by atoms with E-state index in [4.69, 9.17) is 4.74 Å². The van der Waals surface area contributed by atoms with Crippen LogP contribution in [0.3, 0.4) is 0 Å². The largest absolute Gasteiger partial charge is 0.465 e. The minimum absolute atomic E-state index is 0.0962. The molecule has 1 aromatic rings. The van der Waals surface area contributed by atoms with Gasteiger partial charge in [-0.05, 0) is 51.1 Å². The summed E-state index contributed by atoms with van der Waals surface area (Å²) in [6.45, 7) is 8.12. The van der Waals surface area contributed by atoms with Crippen molar-refractivity contribution < 1.29 is 14.3 Å². The maximum absolute atomic E-state index is 13.4. The first-order valence-electron chi connectivity index (χ1n) is 10.2. The van der Waals surface area contributed by atoms with E-state index in [-0.39, 0.29) is 11.8 Å². The normalized spacial score (nSPS) is 28.0. The quantitative estimate of drug-likeness (QED) is 0.397. The van der Waals surface area contributed by atoms with Crippen LogP contribution in [0.5, 0.6) is 0 Å². The van der Waals surface area contributed by atoms with Gasteiger partial charge >= 0.3 is 5.97 Å². The lowest BCUT2D eigenvalue weighted by Gasteiger charge is -2.53. The van der Waals surface area contributed by atoms with E-state index < -0.39 is 10.8 Å². The fraction of sp³-hybridized carbons (Fsp3) is 0.565. The molecule has 1 saturated heterocycles. The first-order chi connectivity index (χ1) is 13.1. The van der Waals surface area contributed by atoms with Gasteiger partial charge in [0.25, 0.3) is 0 Å². The Kier molecular flexibility index (Phi) is 6.15. The summed E-state index contributed by atoms with van der Waals surface area (Å²) in [4.78, 5) is 28.6. The molecule has 2 atom stereocenters. The lowest BCUT2D eigenvalue weighted by Crippen LogP contribution is -2.65. The van der Waals surface area contributed by atoms with Gasteiger partial charge in [-0.3, -0.25) is 9.59 Å². The Morgan fingerprint density at radius 3 is 2.74 bits per heavy atom. The number of carbonyl (C=O) groups is 2. The van der Waals surface area contributed by atoms with Crippen LogP contribution in [0.15, 0.2) is 43.0 Å². The summed E-state index contributed by atoms with van der Waals surface area (Å²) in [5, 5.41) is 0. The molecule has 0 aromatic heterocycles. The van der Waals surface area contributed by atoms with E-state index in [0.29, 0.717) is 26.0 Å². The molecule has 1 aliphatic heterocycles. The molecule has 2 aliphatic rings. The third-order valence-electron chi connectivity index (χ3n) is 6.18. The van der Waals surface area contributed by atoms with Crippen LogP contribution in [-0.4, -0.2) is 42.9 Å². The number of nitrogens with zero attached hydrogens (tertiary/aromatic N) is 1. The number of ether oxygens (including phenoxy) is 1. The summed E-state index contributed by atoms with van der Waals surface area (Å²) in [5.74, 6) is -0.227. The first-order valence-corrected chi connectivity index (χ1v) is 10.2. The highest BCUT2D eigenvalue weighted by Crippen LogP contribution is 2.50. The Morgan fingerprint density at radius 2 is 2.04 bits per heavy atom. The highest BCUT2D eigenvalue weighted by molar-refractivity contribution is 6.08. The van der Waals surface area contributed by atoms with E-state index in [1.165, 1.54) is 5.56 Å². The minimum atomic E-state index is -0.984. The topological polar surface area (TPSA) is 46.6 Å². The molecule has 0 N–H and O–H groups in total. The molecule has 0 amide bonds. The molecule has 3 rings (SSSR count). The van der Waals surface area contributed by atoms with E-state index in [0.717, 1.165) is 38.8 Å². The first kappa shape index (κ1) is 19.8. The van der Waals surface area contributed by atoms with Crippen LogP contribution in [0.1, 0.15) is 44.6 Å². The van der Waals surface area contributed by atoms with E-state index >= 15 is 0 Å². The highest BCUT2D eigenvalue weighted by atomic mass is 16.5. The number of hydrogen-bond donors (Lipinski definition) is 0. The van der Waals surface area contributed by atoms with Crippen molar-refractivity contribution in [2.45, 2.75) is 45.4 Å². The summed E-state index contributed by atoms with van der Waals surface area (Å²) in [7, 11) is 0. The van der Waals surface area contributed by atoms with E-state index in [2.05, 4.69) is 35.7 Å². The van der Waals surface area contributed by atoms with Crippen LogP contribution >= 0.6 is 0 Å². The maximum Gasteiger partial charge on any atom is 0.320 e. The number of esters is 1. The predicted octanol–water partition coefficient (Wildman–Crippen LogP) is 3.80. The number of allylic oxidation sites excluding steroid dienone is 1. The molecule has 4 heteroatoms. The number of rotatable bonds is 8. The second-order valence-corrected chi connectivity index (χ2v) is 8.06. The summed E-state index contributed by atoms with van der Waals surface area (Å²) >= 11 is 0. The van der Waals surface area contributed by atoms with E-state index in [1.54, 1.807) is 6.92 Å². The molecule has 2 bridgehead atoms. The number of benzene rings is 1. The van der Waals surface area contributed by atoms with Gasteiger partial charge in [0, 0.05) is 18.5 Å². The summed E-state index contributed by atoms with van der Waals surface area (Å²) in [6.07, 6.45) is 6.85. The standard InChI is InChI=1S/C23H31NO3/c1-3-13-22-14-9-15-23(20(22)25,21(26)27-4-2)18-24(17-22)16-8-12-19-10-6-5-7-11-19/h3,5-7,10-11H,1,4,8-9,12-18H2,2H3/t22-,23-/m0/s1. The van der Waals surface area contributed by atoms with Crippen LogP contribution < -0.4 is 0 Å². The SMILES string of the molecule is C=CC[C@]12CCC[C@](C(=O)OCC)(CN(CCCc3ccccc3)C1)C2=O. The molecule has 0 radical (unpaired) electrons. The van der Waals surface area contributed by atoms with Crippen molar-refractivity contribution >= 4 is 11.8 Å². The Balaban J connectivity index is 1.76. The molecule has 4 nitrogen and oxygen atoms in total. The van der Waals surface area contributed by atoms with Crippen molar-refractivity contribution in [2.24, 2.45) is 10.8 Å². The zero-order chi connectivity index (χ0) is 19.3. The number of piperidine rings is 1. The van der Waals surface area contributed by atoms with Crippen LogP contribution in [0.2, 0.25) is 0 Å². The molecule has 27 heavy (non-hydrogen) atoms. The molecule has 0 unspecified atom stereocenters. The molecule has 0 spiro atoms. The molecule has 1 aliphatic carbocycles. The number of aryl methyl sites for hydroxylation is 1. The highest BCUT2D eigenvalue weighted by Gasteiger charge is 2.61. The summed E-state index contributed by atoms with van der Waals surface area (Å²) < 4.78 is 5.36. The van der Waals surface area contributed by atoms with E-state index in [9.17, 15) is 9.59 Å². The van der Waals surface area contributed by atoms with Crippen LogP contribution in [0.4, 0.5) is 0 Å². The zero-order valence-electron chi connectivity index (χ0n) is 16.4. The van der Waals surface area contributed by atoms with Crippen LogP contribution in [-0.2, 0) is 20.7 Å². The second-order valence-electron chi connectivity index (χ2n) is 8.06. The fourth-order valence-electron chi connectivity index (χ4n) is 5.00. The van der Waals surface area contributed by atoms with Crippen molar-refractivity contribution in [3.63, 3.8) is 0 Å². The Hall–Kier alpha value is -1.94. The van der Waals surface area contributed by atoms with Crippen molar-refractivity contribution in [1.82, 2.24) is 4.90 Å². The van der Waals surface area contributed by atoms with E-state index in [1.807, 2.05) is 12.1 Å². The number of likely N-dealkylation sites (tertiary alicyclic amines) is 1. The maximum atomic E-state index is 13.4. The number of fused-ring (bicyclic) bond motifs is 2. The monoisotopic (exact) mass is 369 g/mol. The summed E-state index contributed by atoms with van der Waals surface area (Å²) in [5.41, 5.74) is -0.133. The predicted molar refractivity (Wildman–Crippen MR) is 106 cm³/mol. The molecule has 146 valence electrons. The average Bonchev–Trinajstić information content (AvgIpc) is 2.65. The lowest BCUT2D eigenvalue weighted by molar-refractivity contribution is -0.176. The number of Topliss-reactive ketones (excluding diaryl/α,β-unsaturated/α-hetero) is 1. The molecule has 2 fully saturated rings. The van der Waals surface area contributed by atoms with Gasteiger partial charge in [0.1, 0.15) is 5.41 Å². The van der Waals surface area contributed by atoms with Crippen molar-refractivity contribution in [1.29, 1.82) is 0 Å². The van der Waals surface area contributed by atoms with Gasteiger partial charge in [-0.1, -0.05) is 42.8 Å². The smallest absolute Gasteiger partial charge is 0.320 e. The van der Waals surface area contributed by atoms with Crippen molar-refractivity contribution in [3.05, 3.63) is 48.6 Å². The third-order valence-corrected chi connectivity index (χ3v) is 6.18. The molecular weight excluding hydrogens is 338 g/mol. The van der Waals surface area contributed by atoms with Gasteiger partial charge in [0.15, 0.2) is 5.78 Å². The van der Waals surface area contributed by atoms with Gasteiger partial charge in [-0.15, -0.1) is 6.58 Å². The van der Waals surface area contributed by atoms with Gasteiger partial charge in [-0.25, -0.2) is 0 Å². The van der Waals surface area contributed by atoms with Crippen LogP contribution in [0.25, 0.3) is 0 Å². The second kappa shape index (κ2) is 8.39. The summed E-state index contributed by atoms with van der Waals surface area (Å²) in [6, 6.07) is 10.5. The van der Waals surface area contributed by atoms with Crippen molar-refractivity contribution in [3.8, 4) is 0 Å². The van der Waals surface area contributed by atoms with Gasteiger partial charge in [0.2, 0.25) is 0 Å².